The predicted molar refractivity (Wildman–Crippen MR) is 109 cm³/mol. The zero-order valence-corrected chi connectivity index (χ0v) is 16.6. The predicted octanol–water partition coefficient (Wildman–Crippen LogP) is 5.14. The summed E-state index contributed by atoms with van der Waals surface area (Å²) in [5.41, 5.74) is 1.95. The van der Waals surface area contributed by atoms with Crippen molar-refractivity contribution in [1.82, 2.24) is 9.80 Å². The second-order valence-electron chi connectivity index (χ2n) is 7.03. The number of carbonyl (C=O) groups is 1. The third kappa shape index (κ3) is 5.47. The van der Waals surface area contributed by atoms with Crippen molar-refractivity contribution in [3.63, 3.8) is 0 Å². The topological polar surface area (TPSA) is 32.8 Å². The number of amides is 1. The van der Waals surface area contributed by atoms with E-state index < -0.39 is 0 Å². The maximum absolute atomic E-state index is 12.7. The van der Waals surface area contributed by atoms with Gasteiger partial charge in [0.15, 0.2) is 0 Å². The Balaban J connectivity index is 1.68. The van der Waals surface area contributed by atoms with Gasteiger partial charge in [0.25, 0.3) is 0 Å². The molecule has 4 nitrogen and oxygen atoms in total. The molecule has 0 N–H and O–H groups in total. The molecule has 1 heterocycles. The summed E-state index contributed by atoms with van der Waals surface area (Å²) in [5, 5.41) is 0.687. The minimum Gasteiger partial charge on any atom is -0.445 e. The summed E-state index contributed by atoms with van der Waals surface area (Å²) in [6.45, 7) is 3.49. The van der Waals surface area contributed by atoms with Crippen LogP contribution in [-0.4, -0.2) is 42.6 Å². The molecule has 0 spiro atoms. The summed E-state index contributed by atoms with van der Waals surface area (Å²) < 4.78 is 5.53. The Bertz CT molecular complexity index is 732. The maximum atomic E-state index is 12.7. The Hall–Kier alpha value is -2.04. The molecular formula is C22H27ClN2O2. The summed E-state index contributed by atoms with van der Waals surface area (Å²) in [5.74, 6) is 0. The lowest BCUT2D eigenvalue weighted by atomic mass is 10.0. The molecule has 144 valence electrons. The lowest BCUT2D eigenvalue weighted by molar-refractivity contribution is 0.0872. The van der Waals surface area contributed by atoms with E-state index >= 15 is 0 Å². The molecule has 1 unspecified atom stereocenters. The van der Waals surface area contributed by atoms with Crippen molar-refractivity contribution in [2.45, 2.75) is 31.9 Å². The third-order valence-electron chi connectivity index (χ3n) is 5.14. The Kier molecular flexibility index (Phi) is 7.13. The van der Waals surface area contributed by atoms with Gasteiger partial charge in [-0.25, -0.2) is 4.79 Å². The first-order valence-corrected chi connectivity index (χ1v) is 9.93. The minimum atomic E-state index is -0.329. The summed E-state index contributed by atoms with van der Waals surface area (Å²) in [6, 6.07) is 17.4. The molecule has 3 rings (SSSR count). The Morgan fingerprint density at radius 3 is 2.48 bits per heavy atom. The van der Waals surface area contributed by atoms with Crippen molar-refractivity contribution in [2.75, 3.05) is 26.7 Å². The summed E-state index contributed by atoms with van der Waals surface area (Å²) >= 11 is 6.44. The molecule has 27 heavy (non-hydrogen) atoms. The van der Waals surface area contributed by atoms with Crippen LogP contribution in [0.4, 0.5) is 4.79 Å². The van der Waals surface area contributed by atoms with Crippen LogP contribution in [0.1, 0.15) is 36.4 Å². The third-order valence-corrected chi connectivity index (χ3v) is 5.49. The Morgan fingerprint density at radius 2 is 1.78 bits per heavy atom. The summed E-state index contributed by atoms with van der Waals surface area (Å²) in [7, 11) is 1.80. The first-order valence-electron chi connectivity index (χ1n) is 9.55. The molecule has 1 aliphatic heterocycles. The zero-order valence-electron chi connectivity index (χ0n) is 15.8. The van der Waals surface area contributed by atoms with Gasteiger partial charge in [0, 0.05) is 18.6 Å². The van der Waals surface area contributed by atoms with Crippen molar-refractivity contribution >= 4 is 17.7 Å². The van der Waals surface area contributed by atoms with Crippen LogP contribution in [0.3, 0.4) is 0 Å². The van der Waals surface area contributed by atoms with Gasteiger partial charge in [0.05, 0.1) is 6.04 Å². The average Bonchev–Trinajstić information content (AvgIpc) is 3.21. The fourth-order valence-corrected chi connectivity index (χ4v) is 3.82. The van der Waals surface area contributed by atoms with E-state index in [4.69, 9.17) is 16.3 Å². The van der Waals surface area contributed by atoms with Gasteiger partial charge in [0.1, 0.15) is 6.61 Å². The quantitative estimate of drug-likeness (QED) is 0.660. The number of rotatable bonds is 7. The molecule has 0 saturated carbocycles. The van der Waals surface area contributed by atoms with Crippen molar-refractivity contribution in [2.24, 2.45) is 0 Å². The molecule has 0 radical (unpaired) electrons. The fraction of sp³-hybridized carbons (Fsp3) is 0.409. The van der Waals surface area contributed by atoms with Crippen molar-refractivity contribution in [3.05, 3.63) is 70.7 Å². The van der Waals surface area contributed by atoms with Crippen LogP contribution in [0, 0.1) is 0 Å². The van der Waals surface area contributed by atoms with Crippen LogP contribution in [0.25, 0.3) is 0 Å². The standard InChI is InChI=1S/C22H27ClN2O2/c1-24(22(26)27-17-18-9-3-2-4-10-18)21(13-16-25-14-7-8-15-25)19-11-5-6-12-20(19)23/h2-6,9-12,21H,7-8,13-17H2,1H3. The van der Waals surface area contributed by atoms with E-state index in [1.807, 2.05) is 54.6 Å². The van der Waals surface area contributed by atoms with Crippen LogP contribution in [-0.2, 0) is 11.3 Å². The number of likely N-dealkylation sites (tertiary alicyclic amines) is 1. The highest BCUT2D eigenvalue weighted by Crippen LogP contribution is 2.30. The van der Waals surface area contributed by atoms with Crippen molar-refractivity contribution in [3.8, 4) is 0 Å². The van der Waals surface area contributed by atoms with E-state index in [0.29, 0.717) is 5.02 Å². The molecular weight excluding hydrogens is 360 g/mol. The lowest BCUT2D eigenvalue weighted by Crippen LogP contribution is -2.34. The van der Waals surface area contributed by atoms with Crippen molar-refractivity contribution in [1.29, 1.82) is 0 Å². The second kappa shape index (κ2) is 9.77. The average molecular weight is 387 g/mol. The van der Waals surface area contributed by atoms with Crippen LogP contribution in [0.2, 0.25) is 5.02 Å². The molecule has 2 aromatic carbocycles. The summed E-state index contributed by atoms with van der Waals surface area (Å²) in [6.07, 6.45) is 3.02. The van der Waals surface area contributed by atoms with E-state index in [9.17, 15) is 4.79 Å². The Labute approximate surface area is 166 Å². The molecule has 1 aliphatic rings. The number of halogens is 1. The molecule has 2 aromatic rings. The number of nitrogens with zero attached hydrogens (tertiary/aromatic N) is 2. The second-order valence-corrected chi connectivity index (χ2v) is 7.43. The van der Waals surface area contributed by atoms with Crippen LogP contribution in [0.5, 0.6) is 0 Å². The highest BCUT2D eigenvalue weighted by atomic mass is 35.5. The van der Waals surface area contributed by atoms with E-state index in [-0.39, 0.29) is 18.7 Å². The van der Waals surface area contributed by atoms with Gasteiger partial charge in [-0.05, 0) is 49.5 Å². The number of benzene rings is 2. The first kappa shape index (κ1) is 19.7. The van der Waals surface area contributed by atoms with Gasteiger partial charge < -0.3 is 14.5 Å². The monoisotopic (exact) mass is 386 g/mol. The largest absolute Gasteiger partial charge is 0.445 e. The van der Waals surface area contributed by atoms with Gasteiger partial charge >= 0.3 is 6.09 Å². The lowest BCUT2D eigenvalue weighted by Gasteiger charge is -2.30. The van der Waals surface area contributed by atoms with Crippen LogP contribution >= 0.6 is 11.6 Å². The highest BCUT2D eigenvalue weighted by Gasteiger charge is 2.26. The zero-order chi connectivity index (χ0) is 19.1. The Morgan fingerprint density at radius 1 is 1.11 bits per heavy atom. The first-order chi connectivity index (χ1) is 13.1. The number of ether oxygens (including phenoxy) is 1. The smallest absolute Gasteiger partial charge is 0.410 e. The van der Waals surface area contributed by atoms with Gasteiger partial charge in [-0.2, -0.15) is 0 Å². The van der Waals surface area contributed by atoms with E-state index in [0.717, 1.165) is 37.2 Å². The van der Waals surface area contributed by atoms with Gasteiger partial charge in [-0.15, -0.1) is 0 Å². The maximum Gasteiger partial charge on any atom is 0.410 e. The highest BCUT2D eigenvalue weighted by molar-refractivity contribution is 6.31. The van der Waals surface area contributed by atoms with E-state index in [1.165, 1.54) is 12.8 Å². The molecule has 0 aliphatic carbocycles. The number of hydrogen-bond donors (Lipinski definition) is 0. The van der Waals surface area contributed by atoms with E-state index in [2.05, 4.69) is 4.90 Å². The van der Waals surface area contributed by atoms with Gasteiger partial charge in [0.2, 0.25) is 0 Å². The van der Waals surface area contributed by atoms with Crippen LogP contribution in [0.15, 0.2) is 54.6 Å². The minimum absolute atomic E-state index is 0.109. The van der Waals surface area contributed by atoms with Crippen molar-refractivity contribution < 1.29 is 9.53 Å². The normalized spacial score (nSPS) is 15.5. The molecule has 1 atom stereocenters. The molecule has 0 aromatic heterocycles. The SMILES string of the molecule is CN(C(=O)OCc1ccccc1)C(CCN1CCCC1)c1ccccc1Cl. The molecule has 5 heteroatoms. The van der Waals surface area contributed by atoms with Gasteiger partial charge in [-0.1, -0.05) is 60.1 Å². The molecule has 1 saturated heterocycles. The molecule has 1 fully saturated rings. The van der Waals surface area contributed by atoms with E-state index in [1.54, 1.807) is 11.9 Å². The number of carbonyl (C=O) groups excluding carboxylic acids is 1. The molecule has 0 bridgehead atoms. The van der Waals surface area contributed by atoms with Crippen LogP contribution < -0.4 is 0 Å². The molecule has 1 amide bonds. The van der Waals surface area contributed by atoms with Gasteiger partial charge in [-0.3, -0.25) is 0 Å². The number of hydrogen-bond acceptors (Lipinski definition) is 3. The summed E-state index contributed by atoms with van der Waals surface area (Å²) in [4.78, 5) is 16.8. The fourth-order valence-electron chi connectivity index (χ4n) is 3.56.